The predicted molar refractivity (Wildman–Crippen MR) is 85.9 cm³/mol. The quantitative estimate of drug-likeness (QED) is 0.840. The second kappa shape index (κ2) is 5.80. The molecule has 1 aliphatic rings. The molecule has 3 rings (SSSR count). The molecular weight excluding hydrogens is 242 g/mol. The van der Waals surface area contributed by atoms with E-state index in [2.05, 4.69) is 61.6 Å². The third-order valence-corrected chi connectivity index (χ3v) is 4.14. The minimum absolute atomic E-state index is 0.775. The average Bonchev–Trinajstić information content (AvgIpc) is 3.30. The molecule has 0 atom stereocenters. The molecule has 1 N–H and O–H groups in total. The zero-order chi connectivity index (χ0) is 13.9. The van der Waals surface area contributed by atoms with Crippen molar-refractivity contribution < 1.29 is 0 Å². The van der Waals surface area contributed by atoms with Crippen molar-refractivity contribution in [1.29, 1.82) is 0 Å². The van der Waals surface area contributed by atoms with E-state index in [-0.39, 0.29) is 0 Å². The largest absolute Gasteiger partial charge is 0.310 e. The lowest BCUT2D eigenvalue weighted by molar-refractivity contribution is 0.687. The first-order valence-electron chi connectivity index (χ1n) is 7.68. The Hall–Kier alpha value is -1.60. The van der Waals surface area contributed by atoms with E-state index in [1.807, 2.05) is 0 Å². The summed E-state index contributed by atoms with van der Waals surface area (Å²) in [5.41, 5.74) is 6.83. The molecule has 1 aliphatic carbocycles. The first-order chi connectivity index (χ1) is 9.76. The van der Waals surface area contributed by atoms with Crippen LogP contribution in [-0.4, -0.2) is 6.04 Å². The first-order valence-corrected chi connectivity index (χ1v) is 7.68. The highest BCUT2D eigenvalue weighted by molar-refractivity contribution is 5.67. The second-order valence-electron chi connectivity index (χ2n) is 5.85. The van der Waals surface area contributed by atoms with Gasteiger partial charge in [-0.05, 0) is 54.0 Å². The van der Waals surface area contributed by atoms with Crippen LogP contribution in [0.3, 0.4) is 0 Å². The molecular formula is C19H23N. The van der Waals surface area contributed by atoms with E-state index in [0.29, 0.717) is 0 Å². The fourth-order valence-corrected chi connectivity index (χ4v) is 2.63. The molecule has 0 amide bonds. The maximum Gasteiger partial charge on any atom is 0.0208 e. The Labute approximate surface area is 122 Å². The Kier molecular flexibility index (Phi) is 3.88. The minimum atomic E-state index is 0.775. The summed E-state index contributed by atoms with van der Waals surface area (Å²) in [7, 11) is 0. The van der Waals surface area contributed by atoms with E-state index in [4.69, 9.17) is 0 Å². The molecule has 1 saturated carbocycles. The van der Waals surface area contributed by atoms with Crippen LogP contribution in [0.15, 0.2) is 42.5 Å². The lowest BCUT2D eigenvalue weighted by Gasteiger charge is -2.10. The zero-order valence-corrected chi connectivity index (χ0v) is 12.4. The molecule has 0 heterocycles. The first kappa shape index (κ1) is 13.4. The smallest absolute Gasteiger partial charge is 0.0208 e. The van der Waals surface area contributed by atoms with Crippen LogP contribution < -0.4 is 5.32 Å². The molecule has 0 bridgehead atoms. The topological polar surface area (TPSA) is 12.0 Å². The summed E-state index contributed by atoms with van der Waals surface area (Å²) >= 11 is 0. The van der Waals surface area contributed by atoms with Crippen molar-refractivity contribution in [2.75, 3.05) is 0 Å². The van der Waals surface area contributed by atoms with Crippen LogP contribution in [0.5, 0.6) is 0 Å². The minimum Gasteiger partial charge on any atom is -0.310 e. The van der Waals surface area contributed by atoms with Gasteiger partial charge in [0, 0.05) is 12.6 Å². The van der Waals surface area contributed by atoms with Gasteiger partial charge in [0.1, 0.15) is 0 Å². The SMILES string of the molecule is CCc1ccc(-c2ccc(CNC3CC3)cc2C)cc1. The monoisotopic (exact) mass is 265 g/mol. The van der Waals surface area contributed by atoms with E-state index in [0.717, 1.165) is 19.0 Å². The van der Waals surface area contributed by atoms with Gasteiger partial charge in [-0.1, -0.05) is 49.4 Å². The molecule has 0 radical (unpaired) electrons. The summed E-state index contributed by atoms with van der Waals surface area (Å²) in [6.45, 7) is 5.41. The molecule has 0 aliphatic heterocycles. The average molecular weight is 265 g/mol. The summed E-state index contributed by atoms with van der Waals surface area (Å²) in [4.78, 5) is 0. The van der Waals surface area contributed by atoms with Gasteiger partial charge in [-0.25, -0.2) is 0 Å². The molecule has 1 fully saturated rings. The normalized spacial score (nSPS) is 14.5. The van der Waals surface area contributed by atoms with Gasteiger partial charge in [-0.15, -0.1) is 0 Å². The van der Waals surface area contributed by atoms with Crippen LogP contribution >= 0.6 is 0 Å². The molecule has 1 nitrogen and oxygen atoms in total. The summed E-state index contributed by atoms with van der Waals surface area (Å²) < 4.78 is 0. The highest BCUT2D eigenvalue weighted by Gasteiger charge is 2.19. The van der Waals surface area contributed by atoms with E-state index in [1.54, 1.807) is 0 Å². The van der Waals surface area contributed by atoms with Crippen molar-refractivity contribution in [3.63, 3.8) is 0 Å². The molecule has 1 heteroatoms. The fourth-order valence-electron chi connectivity index (χ4n) is 2.63. The highest BCUT2D eigenvalue weighted by atomic mass is 14.9. The number of aryl methyl sites for hydroxylation is 2. The van der Waals surface area contributed by atoms with Crippen LogP contribution in [0.2, 0.25) is 0 Å². The Morgan fingerprint density at radius 1 is 1.00 bits per heavy atom. The molecule has 104 valence electrons. The molecule has 2 aromatic carbocycles. The van der Waals surface area contributed by atoms with Gasteiger partial charge in [0.2, 0.25) is 0 Å². The lowest BCUT2D eigenvalue weighted by Crippen LogP contribution is -2.15. The molecule has 2 aromatic rings. The summed E-state index contributed by atoms with van der Waals surface area (Å²) in [6.07, 6.45) is 3.80. The van der Waals surface area contributed by atoms with Crippen molar-refractivity contribution in [2.45, 2.75) is 45.7 Å². The van der Waals surface area contributed by atoms with Crippen molar-refractivity contribution in [3.8, 4) is 11.1 Å². The number of benzene rings is 2. The molecule has 20 heavy (non-hydrogen) atoms. The summed E-state index contributed by atoms with van der Waals surface area (Å²) in [6, 6.07) is 16.6. The Balaban J connectivity index is 1.77. The number of hydrogen-bond acceptors (Lipinski definition) is 1. The van der Waals surface area contributed by atoms with Crippen molar-refractivity contribution in [3.05, 3.63) is 59.2 Å². The van der Waals surface area contributed by atoms with E-state index >= 15 is 0 Å². The van der Waals surface area contributed by atoms with E-state index < -0.39 is 0 Å². The van der Waals surface area contributed by atoms with Gasteiger partial charge in [0.05, 0.1) is 0 Å². The van der Waals surface area contributed by atoms with Crippen LogP contribution in [-0.2, 0) is 13.0 Å². The molecule has 0 spiro atoms. The van der Waals surface area contributed by atoms with Crippen LogP contribution in [0.4, 0.5) is 0 Å². The Bertz CT molecular complexity index is 579. The zero-order valence-electron chi connectivity index (χ0n) is 12.4. The maximum atomic E-state index is 3.57. The fraction of sp³-hybridized carbons (Fsp3) is 0.368. The summed E-state index contributed by atoms with van der Waals surface area (Å²) in [5, 5.41) is 3.57. The number of nitrogens with one attached hydrogen (secondary N) is 1. The van der Waals surface area contributed by atoms with Crippen molar-refractivity contribution >= 4 is 0 Å². The third kappa shape index (κ3) is 3.10. The van der Waals surface area contributed by atoms with Crippen LogP contribution in [0, 0.1) is 6.92 Å². The Morgan fingerprint density at radius 2 is 1.70 bits per heavy atom. The third-order valence-electron chi connectivity index (χ3n) is 4.14. The van der Waals surface area contributed by atoms with Gasteiger partial charge >= 0.3 is 0 Å². The standard InChI is InChI=1S/C19H23N/c1-3-15-4-7-17(8-5-15)19-11-6-16(12-14(19)2)13-20-18-9-10-18/h4-8,11-12,18,20H,3,9-10,13H2,1-2H3. The number of hydrogen-bond donors (Lipinski definition) is 1. The van der Waals surface area contributed by atoms with Crippen molar-refractivity contribution in [1.82, 2.24) is 5.32 Å². The second-order valence-corrected chi connectivity index (χ2v) is 5.85. The van der Waals surface area contributed by atoms with Gasteiger partial charge in [0.25, 0.3) is 0 Å². The van der Waals surface area contributed by atoms with Crippen LogP contribution in [0.25, 0.3) is 11.1 Å². The highest BCUT2D eigenvalue weighted by Crippen LogP contribution is 2.25. The van der Waals surface area contributed by atoms with E-state index in [9.17, 15) is 0 Å². The molecule has 0 unspecified atom stereocenters. The van der Waals surface area contributed by atoms with Gasteiger partial charge < -0.3 is 5.32 Å². The molecule has 0 saturated heterocycles. The number of rotatable bonds is 5. The maximum absolute atomic E-state index is 3.57. The molecule has 0 aromatic heterocycles. The Morgan fingerprint density at radius 3 is 2.30 bits per heavy atom. The lowest BCUT2D eigenvalue weighted by atomic mass is 9.97. The predicted octanol–water partition coefficient (Wildman–Crippen LogP) is 4.48. The van der Waals surface area contributed by atoms with Gasteiger partial charge in [-0.2, -0.15) is 0 Å². The van der Waals surface area contributed by atoms with Crippen LogP contribution in [0.1, 0.15) is 36.5 Å². The summed E-state index contributed by atoms with van der Waals surface area (Å²) in [5.74, 6) is 0. The van der Waals surface area contributed by atoms with Gasteiger partial charge in [0.15, 0.2) is 0 Å². The van der Waals surface area contributed by atoms with Crippen molar-refractivity contribution in [2.24, 2.45) is 0 Å². The van der Waals surface area contributed by atoms with Gasteiger partial charge in [-0.3, -0.25) is 0 Å². The van der Waals surface area contributed by atoms with E-state index in [1.165, 1.54) is 40.7 Å².